The minimum atomic E-state index is 0.624. The van der Waals surface area contributed by atoms with Crippen LogP contribution in [0.3, 0.4) is 0 Å². The van der Waals surface area contributed by atoms with Gasteiger partial charge in [0.2, 0.25) is 0 Å². The average Bonchev–Trinajstić information content (AvgIpc) is 2.67. The second-order valence-electron chi connectivity index (χ2n) is 3.27. The molecule has 0 amide bonds. The van der Waals surface area contributed by atoms with E-state index in [4.69, 9.17) is 0 Å². The first-order valence-corrected chi connectivity index (χ1v) is 4.84. The number of rotatable bonds is 3. The van der Waals surface area contributed by atoms with Crippen LogP contribution < -0.4 is 0 Å². The number of benzene rings is 1. The third kappa shape index (κ3) is 2.25. The SMILES string of the molecule is O=C=CC/C=C/c1cc2ccccc2[nH]1. The van der Waals surface area contributed by atoms with Gasteiger partial charge in [-0.05, 0) is 30.0 Å². The average molecular weight is 197 g/mol. The van der Waals surface area contributed by atoms with E-state index in [1.165, 1.54) is 11.5 Å². The van der Waals surface area contributed by atoms with Gasteiger partial charge in [-0.3, -0.25) is 0 Å². The van der Waals surface area contributed by atoms with E-state index in [2.05, 4.69) is 17.1 Å². The molecule has 1 aromatic heterocycles. The molecule has 0 aliphatic heterocycles. The Kier molecular flexibility index (Phi) is 2.82. The van der Waals surface area contributed by atoms with Gasteiger partial charge in [0.1, 0.15) is 5.94 Å². The molecule has 0 bridgehead atoms. The standard InChI is InChI=1S/C13H11NO/c15-9-5-1-2-7-12-10-11-6-3-4-8-13(11)14-12/h2-8,10,14H,1H2/b7-2+. The Balaban J connectivity index is 2.22. The van der Waals surface area contributed by atoms with Crippen LogP contribution in [0.15, 0.2) is 42.5 Å². The first-order valence-electron chi connectivity index (χ1n) is 4.84. The van der Waals surface area contributed by atoms with E-state index in [0.29, 0.717) is 6.42 Å². The number of hydrogen-bond donors (Lipinski definition) is 1. The highest BCUT2D eigenvalue weighted by Gasteiger charge is 1.94. The molecule has 1 N–H and O–H groups in total. The molecule has 2 nitrogen and oxygen atoms in total. The number of carbonyl (C=O) groups excluding carboxylic acids is 1. The quantitative estimate of drug-likeness (QED) is 0.754. The highest BCUT2D eigenvalue weighted by Crippen LogP contribution is 2.15. The molecule has 0 radical (unpaired) electrons. The van der Waals surface area contributed by atoms with Crippen molar-refractivity contribution in [2.24, 2.45) is 0 Å². The first-order chi connectivity index (χ1) is 7.40. The molecule has 2 heteroatoms. The van der Waals surface area contributed by atoms with Crippen molar-refractivity contribution >= 4 is 22.9 Å². The minimum absolute atomic E-state index is 0.624. The Labute approximate surface area is 87.9 Å². The van der Waals surface area contributed by atoms with Crippen LogP contribution >= 0.6 is 0 Å². The molecule has 74 valence electrons. The number of nitrogens with one attached hydrogen (secondary N) is 1. The highest BCUT2D eigenvalue weighted by molar-refractivity contribution is 5.82. The summed E-state index contributed by atoms with van der Waals surface area (Å²) in [5.74, 6) is 1.74. The van der Waals surface area contributed by atoms with E-state index < -0.39 is 0 Å². The topological polar surface area (TPSA) is 32.9 Å². The van der Waals surface area contributed by atoms with Crippen LogP contribution in [-0.4, -0.2) is 10.9 Å². The van der Waals surface area contributed by atoms with Crippen LogP contribution in [0.4, 0.5) is 0 Å². The molecule has 0 saturated carbocycles. The lowest BCUT2D eigenvalue weighted by Gasteiger charge is -1.84. The molecule has 0 aliphatic rings. The Bertz CT molecular complexity index is 497. The van der Waals surface area contributed by atoms with Gasteiger partial charge in [0.25, 0.3) is 0 Å². The molecule has 0 fully saturated rings. The van der Waals surface area contributed by atoms with Gasteiger partial charge in [0.05, 0.1) is 0 Å². The molecule has 0 atom stereocenters. The van der Waals surface area contributed by atoms with E-state index in [-0.39, 0.29) is 0 Å². The summed E-state index contributed by atoms with van der Waals surface area (Å²) in [5, 5.41) is 1.20. The predicted molar refractivity (Wildman–Crippen MR) is 62.2 cm³/mol. The van der Waals surface area contributed by atoms with Crippen LogP contribution in [0.2, 0.25) is 0 Å². The summed E-state index contributed by atoms with van der Waals surface area (Å²) in [6.07, 6.45) is 5.97. The molecule has 0 aliphatic carbocycles. The van der Waals surface area contributed by atoms with Crippen molar-refractivity contribution in [1.82, 2.24) is 4.98 Å². The fourth-order valence-corrected chi connectivity index (χ4v) is 1.50. The van der Waals surface area contributed by atoms with Gasteiger partial charge in [0.15, 0.2) is 0 Å². The summed E-state index contributed by atoms with van der Waals surface area (Å²) >= 11 is 0. The summed E-state index contributed by atoms with van der Waals surface area (Å²) in [5.41, 5.74) is 2.18. The van der Waals surface area contributed by atoms with E-state index >= 15 is 0 Å². The second-order valence-corrected chi connectivity index (χ2v) is 3.27. The van der Waals surface area contributed by atoms with Crippen molar-refractivity contribution in [3.63, 3.8) is 0 Å². The fourth-order valence-electron chi connectivity index (χ4n) is 1.50. The molecule has 0 unspecified atom stereocenters. The van der Waals surface area contributed by atoms with Crippen molar-refractivity contribution in [3.05, 3.63) is 48.2 Å². The van der Waals surface area contributed by atoms with Crippen molar-refractivity contribution in [3.8, 4) is 0 Å². The number of hydrogen-bond acceptors (Lipinski definition) is 1. The van der Waals surface area contributed by atoms with Crippen molar-refractivity contribution < 1.29 is 4.79 Å². The number of H-pyrrole nitrogens is 1. The molecule has 15 heavy (non-hydrogen) atoms. The zero-order valence-corrected chi connectivity index (χ0v) is 8.23. The van der Waals surface area contributed by atoms with Gasteiger partial charge in [0, 0.05) is 17.3 Å². The van der Waals surface area contributed by atoms with Gasteiger partial charge in [-0.25, -0.2) is 4.79 Å². The molecule has 0 spiro atoms. The summed E-state index contributed by atoms with van der Waals surface area (Å²) in [4.78, 5) is 13.2. The van der Waals surface area contributed by atoms with Gasteiger partial charge in [-0.2, -0.15) is 0 Å². The lowest BCUT2D eigenvalue weighted by Crippen LogP contribution is -1.68. The number of para-hydroxylation sites is 1. The molecule has 2 rings (SSSR count). The van der Waals surface area contributed by atoms with Crippen molar-refractivity contribution in [1.29, 1.82) is 0 Å². The largest absolute Gasteiger partial charge is 0.355 e. The zero-order chi connectivity index (χ0) is 10.5. The lowest BCUT2D eigenvalue weighted by atomic mass is 10.2. The van der Waals surface area contributed by atoms with Crippen molar-refractivity contribution in [2.75, 3.05) is 0 Å². The van der Waals surface area contributed by atoms with Gasteiger partial charge in [-0.1, -0.05) is 24.3 Å². The molecular weight excluding hydrogens is 186 g/mol. The first kappa shape index (κ1) is 9.50. The summed E-state index contributed by atoms with van der Waals surface area (Å²) in [6, 6.07) is 10.2. The van der Waals surface area contributed by atoms with E-state index in [1.807, 2.05) is 30.4 Å². The third-order valence-corrected chi connectivity index (χ3v) is 2.19. The predicted octanol–water partition coefficient (Wildman–Crippen LogP) is 2.96. The number of aromatic nitrogens is 1. The highest BCUT2D eigenvalue weighted by atomic mass is 16.1. The summed E-state index contributed by atoms with van der Waals surface area (Å²) in [6.45, 7) is 0. The van der Waals surface area contributed by atoms with Gasteiger partial charge in [-0.15, -0.1) is 0 Å². The Hall–Kier alpha value is -2.05. The van der Waals surface area contributed by atoms with Crippen LogP contribution in [0.5, 0.6) is 0 Å². The fraction of sp³-hybridized carbons (Fsp3) is 0.0769. The Morgan fingerprint density at radius 3 is 3.00 bits per heavy atom. The van der Waals surface area contributed by atoms with Crippen LogP contribution in [0.1, 0.15) is 12.1 Å². The summed E-state index contributed by atoms with van der Waals surface area (Å²) < 4.78 is 0. The third-order valence-electron chi connectivity index (χ3n) is 2.19. The number of fused-ring (bicyclic) bond motifs is 1. The lowest BCUT2D eigenvalue weighted by molar-refractivity contribution is 0.568. The van der Waals surface area contributed by atoms with Gasteiger partial charge >= 0.3 is 0 Å². The van der Waals surface area contributed by atoms with Crippen LogP contribution in [-0.2, 0) is 4.79 Å². The molecule has 1 heterocycles. The molecule has 2 aromatic rings. The maximum Gasteiger partial charge on any atom is 0.120 e. The molecule has 1 aromatic carbocycles. The van der Waals surface area contributed by atoms with E-state index in [0.717, 1.165) is 11.2 Å². The Morgan fingerprint density at radius 2 is 2.20 bits per heavy atom. The van der Waals surface area contributed by atoms with Crippen LogP contribution in [0.25, 0.3) is 17.0 Å². The number of allylic oxidation sites excluding steroid dienone is 2. The van der Waals surface area contributed by atoms with E-state index in [9.17, 15) is 4.79 Å². The van der Waals surface area contributed by atoms with E-state index in [1.54, 1.807) is 5.94 Å². The maximum atomic E-state index is 9.93. The Morgan fingerprint density at radius 1 is 1.33 bits per heavy atom. The zero-order valence-electron chi connectivity index (χ0n) is 8.23. The maximum absolute atomic E-state index is 9.93. The van der Waals surface area contributed by atoms with Gasteiger partial charge < -0.3 is 4.98 Å². The monoisotopic (exact) mass is 197 g/mol. The van der Waals surface area contributed by atoms with Crippen LogP contribution in [0, 0.1) is 0 Å². The number of aromatic amines is 1. The second kappa shape index (κ2) is 4.45. The summed E-state index contributed by atoms with van der Waals surface area (Å²) in [7, 11) is 0. The smallest absolute Gasteiger partial charge is 0.120 e. The van der Waals surface area contributed by atoms with Crippen molar-refractivity contribution in [2.45, 2.75) is 6.42 Å². The molecule has 0 saturated heterocycles. The normalized spacial score (nSPS) is 10.7. The molecular formula is C13H11NO. The minimum Gasteiger partial charge on any atom is -0.355 e.